The molecule has 0 fully saturated rings. The Bertz CT molecular complexity index is 1360. The van der Waals surface area contributed by atoms with E-state index in [2.05, 4.69) is 15.3 Å². The highest BCUT2D eigenvalue weighted by atomic mass is 16.6. The quantitative estimate of drug-likeness (QED) is 0.462. The number of fused-ring (bicyclic) bond motifs is 2. The second kappa shape index (κ2) is 9.66. The molecule has 0 saturated heterocycles. The number of nitrogens with one attached hydrogen (secondary N) is 2. The molecule has 2 aromatic heterocycles. The average Bonchev–Trinajstić information content (AvgIpc) is 2.87. The number of pyridine rings is 2. The summed E-state index contributed by atoms with van der Waals surface area (Å²) in [6, 6.07) is 18.6. The van der Waals surface area contributed by atoms with E-state index in [9.17, 15) is 9.59 Å². The zero-order valence-electron chi connectivity index (χ0n) is 18.5. The molecule has 34 heavy (non-hydrogen) atoms. The number of H-pyrrole nitrogens is 1. The first-order valence-corrected chi connectivity index (χ1v) is 11.1. The first-order chi connectivity index (χ1) is 16.7. The molecule has 172 valence electrons. The Kier molecular flexibility index (Phi) is 6.11. The zero-order valence-corrected chi connectivity index (χ0v) is 18.5. The smallest absolute Gasteiger partial charge is 0.318 e. The maximum atomic E-state index is 13.1. The molecule has 4 aromatic rings. The summed E-state index contributed by atoms with van der Waals surface area (Å²) in [5.41, 5.74) is 2.74. The van der Waals surface area contributed by atoms with Crippen LogP contribution in [0.1, 0.15) is 16.7 Å². The number of carbonyl (C=O) groups is 1. The van der Waals surface area contributed by atoms with Gasteiger partial charge in [0, 0.05) is 42.5 Å². The number of carbonyl (C=O) groups excluding carboxylic acids is 1. The Hall–Kier alpha value is -4.33. The van der Waals surface area contributed by atoms with Crippen LogP contribution in [-0.2, 0) is 19.6 Å². The standard InChI is InChI=1S/C26H24N4O4/c31-25-21(11-20-12-23-24(13-22(20)29-25)34-10-9-33-23)17-30(16-19-7-4-8-27-14-19)26(32)28-15-18-5-2-1-3-6-18/h1-8,11-14H,9-10,15-17H2,(H,28,32)(H,29,31). The summed E-state index contributed by atoms with van der Waals surface area (Å²) in [5.74, 6) is 1.25. The van der Waals surface area contributed by atoms with Crippen LogP contribution in [0.3, 0.4) is 0 Å². The maximum absolute atomic E-state index is 13.1. The molecular formula is C26H24N4O4. The molecule has 5 rings (SSSR count). The molecule has 0 radical (unpaired) electrons. The van der Waals surface area contributed by atoms with Gasteiger partial charge in [-0.25, -0.2) is 4.79 Å². The van der Waals surface area contributed by atoms with Gasteiger partial charge in [-0.2, -0.15) is 0 Å². The van der Waals surface area contributed by atoms with Crippen molar-refractivity contribution in [3.63, 3.8) is 0 Å². The van der Waals surface area contributed by atoms with Gasteiger partial charge in [-0.1, -0.05) is 36.4 Å². The summed E-state index contributed by atoms with van der Waals surface area (Å²) in [6.07, 6.45) is 3.40. The fourth-order valence-electron chi connectivity index (χ4n) is 3.91. The fourth-order valence-corrected chi connectivity index (χ4v) is 3.91. The van der Waals surface area contributed by atoms with Gasteiger partial charge in [0.25, 0.3) is 5.56 Å². The topological polar surface area (TPSA) is 96.6 Å². The number of aromatic nitrogens is 2. The van der Waals surface area contributed by atoms with Crippen molar-refractivity contribution < 1.29 is 14.3 Å². The number of hydrogen-bond acceptors (Lipinski definition) is 5. The summed E-state index contributed by atoms with van der Waals surface area (Å²) in [5, 5.41) is 3.76. The van der Waals surface area contributed by atoms with Crippen molar-refractivity contribution in [1.29, 1.82) is 0 Å². The third-order valence-electron chi connectivity index (χ3n) is 5.62. The van der Waals surface area contributed by atoms with Crippen LogP contribution in [0.4, 0.5) is 4.79 Å². The van der Waals surface area contributed by atoms with Gasteiger partial charge in [-0.3, -0.25) is 9.78 Å². The number of aromatic amines is 1. The number of urea groups is 1. The van der Waals surface area contributed by atoms with Crippen LogP contribution in [0.15, 0.2) is 77.9 Å². The number of rotatable bonds is 6. The van der Waals surface area contributed by atoms with Gasteiger partial charge >= 0.3 is 6.03 Å². The van der Waals surface area contributed by atoms with Crippen molar-refractivity contribution in [2.24, 2.45) is 0 Å². The van der Waals surface area contributed by atoms with E-state index in [-0.39, 0.29) is 18.1 Å². The molecule has 0 bridgehead atoms. The lowest BCUT2D eigenvalue weighted by Gasteiger charge is -2.23. The van der Waals surface area contributed by atoms with E-state index in [0.717, 1.165) is 16.5 Å². The van der Waals surface area contributed by atoms with Crippen LogP contribution in [0.5, 0.6) is 11.5 Å². The van der Waals surface area contributed by atoms with Crippen molar-refractivity contribution in [2.45, 2.75) is 19.6 Å². The number of nitrogens with zero attached hydrogens (tertiary/aromatic N) is 2. The first-order valence-electron chi connectivity index (χ1n) is 11.1. The van der Waals surface area contributed by atoms with Gasteiger partial charge in [-0.05, 0) is 29.3 Å². The van der Waals surface area contributed by atoms with E-state index in [4.69, 9.17) is 9.47 Å². The summed E-state index contributed by atoms with van der Waals surface area (Å²) in [6.45, 7) is 1.79. The third-order valence-corrected chi connectivity index (χ3v) is 5.62. The second-order valence-corrected chi connectivity index (χ2v) is 8.07. The highest BCUT2D eigenvalue weighted by Gasteiger charge is 2.18. The van der Waals surface area contributed by atoms with Crippen molar-refractivity contribution in [2.75, 3.05) is 13.2 Å². The van der Waals surface area contributed by atoms with Gasteiger partial charge in [0.05, 0.1) is 12.1 Å². The lowest BCUT2D eigenvalue weighted by Crippen LogP contribution is -2.39. The Balaban J connectivity index is 1.41. The monoisotopic (exact) mass is 456 g/mol. The predicted octanol–water partition coefficient (Wildman–Crippen LogP) is 3.61. The Morgan fingerprint density at radius 1 is 0.971 bits per heavy atom. The van der Waals surface area contributed by atoms with E-state index in [1.807, 2.05) is 48.5 Å². The minimum atomic E-state index is -0.269. The lowest BCUT2D eigenvalue weighted by molar-refractivity contribution is 0.172. The summed E-state index contributed by atoms with van der Waals surface area (Å²) < 4.78 is 11.3. The highest BCUT2D eigenvalue weighted by Crippen LogP contribution is 2.33. The molecule has 1 aliphatic rings. The molecule has 0 atom stereocenters. The van der Waals surface area contributed by atoms with Crippen LogP contribution in [0, 0.1) is 0 Å². The number of hydrogen-bond donors (Lipinski definition) is 2. The summed E-state index contributed by atoms with van der Waals surface area (Å²) in [4.78, 5) is 34.7. The van der Waals surface area contributed by atoms with Crippen LogP contribution < -0.4 is 20.3 Å². The predicted molar refractivity (Wildman–Crippen MR) is 128 cm³/mol. The van der Waals surface area contributed by atoms with Crippen molar-refractivity contribution >= 4 is 16.9 Å². The molecule has 3 heterocycles. The Morgan fingerprint density at radius 2 is 1.74 bits per heavy atom. The minimum absolute atomic E-state index is 0.134. The van der Waals surface area contributed by atoms with Crippen LogP contribution in [-0.4, -0.2) is 34.1 Å². The number of benzene rings is 2. The lowest BCUT2D eigenvalue weighted by atomic mass is 10.1. The molecule has 1 aliphatic heterocycles. The average molecular weight is 457 g/mol. The molecule has 0 unspecified atom stereocenters. The molecule has 8 heteroatoms. The molecule has 0 spiro atoms. The molecule has 0 saturated carbocycles. The van der Waals surface area contributed by atoms with Gasteiger partial charge in [0.2, 0.25) is 0 Å². The van der Waals surface area contributed by atoms with Crippen LogP contribution in [0.25, 0.3) is 10.9 Å². The molecule has 2 N–H and O–H groups in total. The summed E-state index contributed by atoms with van der Waals surface area (Å²) >= 11 is 0. The molecule has 2 amide bonds. The Labute approximate surface area is 196 Å². The van der Waals surface area contributed by atoms with Crippen LogP contribution >= 0.6 is 0 Å². The van der Waals surface area contributed by atoms with Gasteiger partial charge in [0.1, 0.15) is 13.2 Å². The largest absolute Gasteiger partial charge is 0.486 e. The van der Waals surface area contributed by atoms with Gasteiger partial charge < -0.3 is 24.7 Å². The normalized spacial score (nSPS) is 12.4. The van der Waals surface area contributed by atoms with E-state index in [1.165, 1.54) is 0 Å². The number of amides is 2. The van der Waals surface area contributed by atoms with E-state index in [1.54, 1.807) is 29.4 Å². The molecule has 8 nitrogen and oxygen atoms in total. The van der Waals surface area contributed by atoms with Gasteiger partial charge in [-0.15, -0.1) is 0 Å². The number of ether oxygens (including phenoxy) is 2. The van der Waals surface area contributed by atoms with E-state index >= 15 is 0 Å². The minimum Gasteiger partial charge on any atom is -0.486 e. The maximum Gasteiger partial charge on any atom is 0.318 e. The summed E-state index contributed by atoms with van der Waals surface area (Å²) in [7, 11) is 0. The Morgan fingerprint density at radius 3 is 2.50 bits per heavy atom. The zero-order chi connectivity index (χ0) is 23.3. The van der Waals surface area contributed by atoms with E-state index < -0.39 is 0 Å². The first kappa shape index (κ1) is 21.5. The molecular weight excluding hydrogens is 432 g/mol. The molecule has 2 aromatic carbocycles. The fraction of sp³-hybridized carbons (Fsp3) is 0.192. The van der Waals surface area contributed by atoms with Gasteiger partial charge in [0.15, 0.2) is 11.5 Å². The van der Waals surface area contributed by atoms with Crippen molar-refractivity contribution in [3.05, 3.63) is 100 Å². The van der Waals surface area contributed by atoms with Crippen molar-refractivity contribution in [3.8, 4) is 11.5 Å². The highest BCUT2D eigenvalue weighted by molar-refractivity contribution is 5.83. The van der Waals surface area contributed by atoms with E-state index in [0.29, 0.717) is 48.9 Å². The molecule has 0 aliphatic carbocycles. The third kappa shape index (κ3) is 4.85. The van der Waals surface area contributed by atoms with Crippen molar-refractivity contribution in [1.82, 2.24) is 20.2 Å². The van der Waals surface area contributed by atoms with Crippen LogP contribution in [0.2, 0.25) is 0 Å². The SMILES string of the molecule is O=C(NCc1ccccc1)N(Cc1cccnc1)Cc1cc2cc3c(cc2[nH]c1=O)OCCO3. The second-order valence-electron chi connectivity index (χ2n) is 8.07.